The number of halogens is 1. The molecule has 1 aliphatic heterocycles. The van der Waals surface area contributed by atoms with Crippen LogP contribution in [0.25, 0.3) is 11.1 Å². The van der Waals surface area contributed by atoms with Gasteiger partial charge in [0, 0.05) is 18.0 Å². The van der Waals surface area contributed by atoms with E-state index in [2.05, 4.69) is 24.4 Å². The van der Waals surface area contributed by atoms with Crippen LogP contribution in [0.5, 0.6) is 0 Å². The number of hydrogen-bond donors (Lipinski definition) is 2. The lowest BCUT2D eigenvalue weighted by Gasteiger charge is -2.24. The smallest absolute Gasteiger partial charge is 0.169 e. The number of alkyl halides is 1. The van der Waals surface area contributed by atoms with Crippen molar-refractivity contribution in [2.45, 2.75) is 38.1 Å². The molecule has 3 atom stereocenters. The van der Waals surface area contributed by atoms with Crippen LogP contribution in [0.1, 0.15) is 42.9 Å². The molecule has 1 aromatic rings. The average molecular weight is 356 g/mol. The second-order valence-electron chi connectivity index (χ2n) is 7.08. The monoisotopic (exact) mass is 355 g/mol. The number of ketones is 1. The van der Waals surface area contributed by atoms with Crippen LogP contribution < -0.4 is 5.32 Å². The van der Waals surface area contributed by atoms with E-state index in [0.29, 0.717) is 11.3 Å². The van der Waals surface area contributed by atoms with Crippen molar-refractivity contribution in [2.75, 3.05) is 0 Å². The Kier molecular flexibility index (Phi) is 4.20. The Bertz CT molecular complexity index is 821. The summed E-state index contributed by atoms with van der Waals surface area (Å²) >= 11 is 6.02. The standard InChI is InChI=1S/C21H22ClNO2/c1-2-12-3-4-13(16-7-8-18(22)23-11-16)10-17(12)19-20(24)14-5-6-15(9-14)21(19)25/h3-4,7-8,10-11,14-15,18,23-24H,2,5-6,9H2,1H3. The summed E-state index contributed by atoms with van der Waals surface area (Å²) in [4.78, 5) is 12.9. The van der Waals surface area contributed by atoms with Gasteiger partial charge in [0.25, 0.3) is 0 Å². The normalized spacial score (nSPS) is 28.2. The van der Waals surface area contributed by atoms with Crippen LogP contribution in [0.15, 0.2) is 42.3 Å². The Hall–Kier alpha value is -2.00. The number of dihydropyridines is 1. The number of fused-ring (bicyclic) bond motifs is 2. The fourth-order valence-corrected chi connectivity index (χ4v) is 4.35. The van der Waals surface area contributed by atoms with E-state index < -0.39 is 0 Å². The zero-order valence-corrected chi connectivity index (χ0v) is 15.0. The van der Waals surface area contributed by atoms with E-state index in [1.54, 1.807) is 0 Å². The third-order valence-corrected chi connectivity index (χ3v) is 5.90. The SMILES string of the molecule is CCc1ccc(C2=CNC(Cl)C=C2)cc1C1=C(O)C2CCC(C2)C1=O. The number of hydrogen-bond acceptors (Lipinski definition) is 3. The van der Waals surface area contributed by atoms with Gasteiger partial charge in [0.2, 0.25) is 0 Å². The van der Waals surface area contributed by atoms with Gasteiger partial charge in [-0.15, -0.1) is 0 Å². The maximum absolute atomic E-state index is 12.9. The molecule has 2 aliphatic carbocycles. The van der Waals surface area contributed by atoms with Gasteiger partial charge in [0.15, 0.2) is 5.78 Å². The number of carbonyl (C=O) groups excluding carboxylic acids is 1. The van der Waals surface area contributed by atoms with Crippen molar-refractivity contribution >= 4 is 28.5 Å². The molecule has 4 heteroatoms. The molecule has 2 bridgehead atoms. The predicted molar refractivity (Wildman–Crippen MR) is 101 cm³/mol. The molecular weight excluding hydrogens is 334 g/mol. The van der Waals surface area contributed by atoms with Crippen molar-refractivity contribution in [1.82, 2.24) is 5.32 Å². The molecule has 3 unspecified atom stereocenters. The Balaban J connectivity index is 1.81. The predicted octanol–water partition coefficient (Wildman–Crippen LogP) is 4.58. The molecule has 1 aromatic carbocycles. The molecular formula is C21H22ClNO2. The van der Waals surface area contributed by atoms with Crippen molar-refractivity contribution in [1.29, 1.82) is 0 Å². The molecule has 0 aromatic heterocycles. The summed E-state index contributed by atoms with van der Waals surface area (Å²) in [5.74, 6) is 0.651. The van der Waals surface area contributed by atoms with Gasteiger partial charge in [-0.3, -0.25) is 4.79 Å². The zero-order chi connectivity index (χ0) is 17.6. The second-order valence-corrected chi connectivity index (χ2v) is 7.55. The number of nitrogens with one attached hydrogen (secondary N) is 1. The molecule has 0 radical (unpaired) electrons. The topological polar surface area (TPSA) is 49.3 Å². The highest BCUT2D eigenvalue weighted by atomic mass is 35.5. The van der Waals surface area contributed by atoms with Crippen molar-refractivity contribution in [3.63, 3.8) is 0 Å². The van der Waals surface area contributed by atoms with E-state index in [9.17, 15) is 9.90 Å². The van der Waals surface area contributed by atoms with Gasteiger partial charge in [-0.25, -0.2) is 0 Å². The molecule has 1 heterocycles. The molecule has 1 saturated carbocycles. The molecule has 3 aliphatic rings. The third kappa shape index (κ3) is 2.81. The lowest BCUT2D eigenvalue weighted by molar-refractivity contribution is -0.117. The van der Waals surface area contributed by atoms with Gasteiger partial charge in [0.1, 0.15) is 11.3 Å². The minimum absolute atomic E-state index is 0.0803. The first-order valence-corrected chi connectivity index (χ1v) is 9.41. The highest BCUT2D eigenvalue weighted by Gasteiger charge is 2.41. The molecule has 130 valence electrons. The van der Waals surface area contributed by atoms with Gasteiger partial charge in [-0.1, -0.05) is 36.7 Å². The molecule has 0 spiro atoms. The molecule has 25 heavy (non-hydrogen) atoms. The number of aryl methyl sites for hydroxylation is 1. The Morgan fingerprint density at radius 2 is 2.08 bits per heavy atom. The summed E-state index contributed by atoms with van der Waals surface area (Å²) in [5, 5.41) is 13.8. The van der Waals surface area contributed by atoms with Crippen molar-refractivity contribution in [2.24, 2.45) is 11.8 Å². The zero-order valence-electron chi connectivity index (χ0n) is 14.3. The Morgan fingerprint density at radius 1 is 1.28 bits per heavy atom. The van der Waals surface area contributed by atoms with Crippen LogP contribution in [-0.2, 0) is 11.2 Å². The summed E-state index contributed by atoms with van der Waals surface area (Å²) in [6, 6.07) is 6.17. The fraction of sp³-hybridized carbons (Fsp3) is 0.381. The first-order valence-electron chi connectivity index (χ1n) is 8.98. The first kappa shape index (κ1) is 16.5. The Labute approximate surface area is 153 Å². The van der Waals surface area contributed by atoms with Crippen molar-refractivity contribution < 1.29 is 9.90 Å². The van der Waals surface area contributed by atoms with Crippen molar-refractivity contribution in [3.05, 3.63) is 59.0 Å². The molecule has 2 N–H and O–H groups in total. The summed E-state index contributed by atoms with van der Waals surface area (Å²) in [6.07, 6.45) is 9.22. The fourth-order valence-electron chi connectivity index (χ4n) is 4.21. The third-order valence-electron chi connectivity index (χ3n) is 5.63. The maximum Gasteiger partial charge on any atom is 0.169 e. The van der Waals surface area contributed by atoms with E-state index in [4.69, 9.17) is 11.6 Å². The molecule has 4 rings (SSSR count). The van der Waals surface area contributed by atoms with E-state index >= 15 is 0 Å². The number of carbonyl (C=O) groups is 1. The van der Waals surface area contributed by atoms with E-state index in [1.165, 1.54) is 0 Å². The minimum Gasteiger partial charge on any atom is -0.511 e. The number of Topliss-reactive ketones (excluding diaryl/α,β-unsaturated/α-hetero) is 1. The molecule has 3 nitrogen and oxygen atoms in total. The van der Waals surface area contributed by atoms with Gasteiger partial charge in [-0.2, -0.15) is 0 Å². The largest absolute Gasteiger partial charge is 0.511 e. The lowest BCUT2D eigenvalue weighted by atomic mass is 9.81. The molecule has 1 fully saturated rings. The first-order chi connectivity index (χ1) is 12.1. The minimum atomic E-state index is -0.194. The number of rotatable bonds is 3. The summed E-state index contributed by atoms with van der Waals surface area (Å²) in [6.45, 7) is 2.08. The average Bonchev–Trinajstić information content (AvgIpc) is 3.08. The van der Waals surface area contributed by atoms with Crippen LogP contribution in [0.3, 0.4) is 0 Å². The van der Waals surface area contributed by atoms with Gasteiger partial charge in [-0.05, 0) is 60.1 Å². The number of aliphatic hydroxyl groups is 1. The van der Waals surface area contributed by atoms with Gasteiger partial charge >= 0.3 is 0 Å². The quantitative estimate of drug-likeness (QED) is 0.616. The molecule has 0 amide bonds. The highest BCUT2D eigenvalue weighted by molar-refractivity contribution is 6.24. The number of aliphatic hydroxyl groups excluding tert-OH is 1. The second kappa shape index (κ2) is 6.38. The highest BCUT2D eigenvalue weighted by Crippen LogP contribution is 2.46. The lowest BCUT2D eigenvalue weighted by Crippen LogP contribution is -2.22. The van der Waals surface area contributed by atoms with Gasteiger partial charge < -0.3 is 10.4 Å². The van der Waals surface area contributed by atoms with Crippen LogP contribution in [0.4, 0.5) is 0 Å². The number of allylic oxidation sites excluding steroid dienone is 4. The maximum atomic E-state index is 12.9. The van der Waals surface area contributed by atoms with Crippen LogP contribution in [0.2, 0.25) is 0 Å². The van der Waals surface area contributed by atoms with Crippen LogP contribution >= 0.6 is 11.6 Å². The van der Waals surface area contributed by atoms with E-state index in [0.717, 1.165) is 47.9 Å². The summed E-state index contributed by atoms with van der Waals surface area (Å²) in [5.41, 5.74) is 4.39. The van der Waals surface area contributed by atoms with Gasteiger partial charge in [0.05, 0.1) is 5.57 Å². The Morgan fingerprint density at radius 3 is 2.80 bits per heavy atom. The van der Waals surface area contributed by atoms with E-state index in [-0.39, 0.29) is 23.1 Å². The van der Waals surface area contributed by atoms with Crippen LogP contribution in [-0.4, -0.2) is 16.4 Å². The summed E-state index contributed by atoms with van der Waals surface area (Å²) < 4.78 is 0. The van der Waals surface area contributed by atoms with Crippen LogP contribution in [0, 0.1) is 11.8 Å². The van der Waals surface area contributed by atoms with Crippen molar-refractivity contribution in [3.8, 4) is 0 Å². The number of benzene rings is 1. The van der Waals surface area contributed by atoms with E-state index in [1.807, 2.05) is 24.4 Å². The molecule has 0 saturated heterocycles. The summed E-state index contributed by atoms with van der Waals surface area (Å²) in [7, 11) is 0.